The Hall–Kier alpha value is -1.32. The van der Waals surface area contributed by atoms with Crippen LogP contribution in [0.5, 0.6) is 0 Å². The van der Waals surface area contributed by atoms with E-state index in [0.29, 0.717) is 19.4 Å². The fourth-order valence-corrected chi connectivity index (χ4v) is 0.760. The quantitative estimate of drug-likeness (QED) is 0.579. The predicted molar refractivity (Wildman–Crippen MR) is 51.1 cm³/mol. The van der Waals surface area contributed by atoms with Crippen molar-refractivity contribution in [2.45, 2.75) is 19.8 Å². The van der Waals surface area contributed by atoms with E-state index in [9.17, 15) is 9.59 Å². The van der Waals surface area contributed by atoms with Crippen LogP contribution in [0, 0.1) is 0 Å². The lowest BCUT2D eigenvalue weighted by Gasteiger charge is -2.03. The van der Waals surface area contributed by atoms with E-state index in [-0.39, 0.29) is 18.4 Å². The van der Waals surface area contributed by atoms with Crippen molar-refractivity contribution in [2.24, 2.45) is 0 Å². The third-order valence-electron chi connectivity index (χ3n) is 1.40. The highest BCUT2D eigenvalue weighted by molar-refractivity contribution is 5.84. The topological polar surface area (TPSA) is 58.2 Å². The second-order valence-electron chi connectivity index (χ2n) is 2.56. The van der Waals surface area contributed by atoms with Crippen LogP contribution in [-0.4, -0.2) is 24.9 Å². The molecule has 0 spiro atoms. The summed E-state index contributed by atoms with van der Waals surface area (Å²) < 4.78 is 0. The number of carbonyl (C=O) groups excluding carboxylic acids is 2. The summed E-state index contributed by atoms with van der Waals surface area (Å²) in [5.74, 6) is -0.277. The van der Waals surface area contributed by atoms with Crippen molar-refractivity contribution in [3.8, 4) is 0 Å². The fourth-order valence-electron chi connectivity index (χ4n) is 0.760. The Morgan fingerprint density at radius 3 is 2.54 bits per heavy atom. The zero-order valence-electron chi connectivity index (χ0n) is 7.93. The van der Waals surface area contributed by atoms with Crippen LogP contribution in [0.2, 0.25) is 0 Å². The second-order valence-corrected chi connectivity index (χ2v) is 2.56. The van der Waals surface area contributed by atoms with Crippen LogP contribution < -0.4 is 10.6 Å². The van der Waals surface area contributed by atoms with Crippen molar-refractivity contribution in [1.29, 1.82) is 0 Å². The molecule has 0 fully saturated rings. The first-order valence-corrected chi connectivity index (χ1v) is 4.35. The third kappa shape index (κ3) is 7.05. The first-order valence-electron chi connectivity index (χ1n) is 4.35. The van der Waals surface area contributed by atoms with Crippen LogP contribution in [0.4, 0.5) is 0 Å². The molecule has 74 valence electrons. The van der Waals surface area contributed by atoms with Gasteiger partial charge in [-0.15, -0.1) is 6.58 Å². The van der Waals surface area contributed by atoms with Crippen molar-refractivity contribution >= 4 is 11.8 Å². The molecule has 0 atom stereocenters. The number of likely N-dealkylation sites (N-methyl/N-ethyl adjacent to an activating group) is 1. The van der Waals surface area contributed by atoms with Gasteiger partial charge >= 0.3 is 0 Å². The first-order chi connectivity index (χ1) is 6.20. The largest absolute Gasteiger partial charge is 0.355 e. The minimum absolute atomic E-state index is 0.0593. The molecule has 0 aliphatic rings. The predicted octanol–water partition coefficient (Wildman–Crippen LogP) is 0.205. The van der Waals surface area contributed by atoms with E-state index in [1.165, 1.54) is 0 Å². The molecule has 0 heterocycles. The van der Waals surface area contributed by atoms with Gasteiger partial charge in [-0.05, 0) is 13.3 Å². The van der Waals surface area contributed by atoms with Gasteiger partial charge in [-0.25, -0.2) is 0 Å². The SMILES string of the molecule is C=CCCC(=O)NCC(=O)NCC. The van der Waals surface area contributed by atoms with E-state index in [2.05, 4.69) is 17.2 Å². The average Bonchev–Trinajstić information content (AvgIpc) is 2.12. The Bertz CT molecular complexity index is 190. The second kappa shape index (κ2) is 7.34. The maximum absolute atomic E-state index is 11.0. The third-order valence-corrected chi connectivity index (χ3v) is 1.40. The summed E-state index contributed by atoms with van der Waals surface area (Å²) in [5, 5.41) is 5.09. The lowest BCUT2D eigenvalue weighted by Crippen LogP contribution is -2.36. The summed E-state index contributed by atoms with van der Waals surface area (Å²) in [5.41, 5.74) is 0. The molecule has 0 aromatic carbocycles. The first kappa shape index (κ1) is 11.7. The molecule has 0 unspecified atom stereocenters. The molecule has 0 saturated carbocycles. The zero-order chi connectivity index (χ0) is 10.1. The summed E-state index contributed by atoms with van der Waals surface area (Å²) in [6, 6.07) is 0. The van der Waals surface area contributed by atoms with Gasteiger partial charge in [0.1, 0.15) is 0 Å². The van der Waals surface area contributed by atoms with Crippen LogP contribution in [-0.2, 0) is 9.59 Å². The lowest BCUT2D eigenvalue weighted by atomic mass is 10.3. The molecule has 0 saturated heterocycles. The van der Waals surface area contributed by atoms with Crippen molar-refractivity contribution in [3.05, 3.63) is 12.7 Å². The summed E-state index contributed by atoms with van der Waals surface area (Å²) in [6.45, 7) is 5.97. The van der Waals surface area contributed by atoms with Gasteiger partial charge in [0.15, 0.2) is 0 Å². The number of rotatable bonds is 6. The molecular weight excluding hydrogens is 168 g/mol. The van der Waals surface area contributed by atoms with Gasteiger partial charge < -0.3 is 10.6 Å². The van der Waals surface area contributed by atoms with Crippen LogP contribution in [0.1, 0.15) is 19.8 Å². The van der Waals surface area contributed by atoms with Crippen LogP contribution >= 0.6 is 0 Å². The van der Waals surface area contributed by atoms with Gasteiger partial charge in [0.25, 0.3) is 0 Å². The van der Waals surface area contributed by atoms with E-state index >= 15 is 0 Å². The molecule has 2 amide bonds. The van der Waals surface area contributed by atoms with E-state index in [4.69, 9.17) is 0 Å². The monoisotopic (exact) mass is 184 g/mol. The number of carbonyl (C=O) groups is 2. The summed E-state index contributed by atoms with van der Waals surface area (Å²) in [6.07, 6.45) is 2.70. The molecule has 0 bridgehead atoms. The highest BCUT2D eigenvalue weighted by atomic mass is 16.2. The Morgan fingerprint density at radius 2 is 2.00 bits per heavy atom. The molecule has 0 aliphatic carbocycles. The Labute approximate surface area is 78.4 Å². The Kier molecular flexibility index (Phi) is 6.59. The van der Waals surface area contributed by atoms with Gasteiger partial charge in [0.2, 0.25) is 11.8 Å². The molecule has 0 rings (SSSR count). The van der Waals surface area contributed by atoms with Gasteiger partial charge in [0, 0.05) is 13.0 Å². The number of nitrogens with one attached hydrogen (secondary N) is 2. The number of hydrogen-bond acceptors (Lipinski definition) is 2. The summed E-state index contributed by atoms with van der Waals surface area (Å²) >= 11 is 0. The molecule has 0 aliphatic heterocycles. The molecule has 2 N–H and O–H groups in total. The van der Waals surface area contributed by atoms with Gasteiger partial charge in [-0.1, -0.05) is 6.08 Å². The maximum atomic E-state index is 11.0. The van der Waals surface area contributed by atoms with Crippen molar-refractivity contribution in [3.63, 3.8) is 0 Å². The van der Waals surface area contributed by atoms with E-state index in [1.807, 2.05) is 6.92 Å². The summed E-state index contributed by atoms with van der Waals surface area (Å²) in [4.78, 5) is 21.8. The number of amides is 2. The van der Waals surface area contributed by atoms with E-state index in [0.717, 1.165) is 0 Å². The molecular formula is C9H16N2O2. The number of allylic oxidation sites excluding steroid dienone is 1. The molecule has 0 aromatic rings. The number of hydrogen-bond donors (Lipinski definition) is 2. The minimum Gasteiger partial charge on any atom is -0.355 e. The fraction of sp³-hybridized carbons (Fsp3) is 0.556. The van der Waals surface area contributed by atoms with Crippen molar-refractivity contribution in [2.75, 3.05) is 13.1 Å². The molecule has 0 aromatic heterocycles. The zero-order valence-corrected chi connectivity index (χ0v) is 7.93. The molecule has 13 heavy (non-hydrogen) atoms. The van der Waals surface area contributed by atoms with Crippen LogP contribution in [0.15, 0.2) is 12.7 Å². The molecule has 0 radical (unpaired) electrons. The highest BCUT2D eigenvalue weighted by Gasteiger charge is 2.02. The molecule has 4 heteroatoms. The van der Waals surface area contributed by atoms with E-state index in [1.54, 1.807) is 6.08 Å². The standard InChI is InChI=1S/C9H16N2O2/c1-3-5-6-8(12)11-7-9(13)10-4-2/h3H,1,4-7H2,2H3,(H,10,13)(H,11,12). The van der Waals surface area contributed by atoms with Crippen LogP contribution in [0.3, 0.4) is 0 Å². The maximum Gasteiger partial charge on any atom is 0.239 e. The Balaban J connectivity index is 3.45. The van der Waals surface area contributed by atoms with Crippen molar-refractivity contribution < 1.29 is 9.59 Å². The molecule has 4 nitrogen and oxygen atoms in total. The van der Waals surface area contributed by atoms with Gasteiger partial charge in [-0.2, -0.15) is 0 Å². The smallest absolute Gasteiger partial charge is 0.239 e. The highest BCUT2D eigenvalue weighted by Crippen LogP contribution is 1.87. The lowest BCUT2D eigenvalue weighted by molar-refractivity contribution is -0.126. The summed E-state index contributed by atoms with van der Waals surface area (Å²) in [7, 11) is 0. The van der Waals surface area contributed by atoms with Crippen molar-refractivity contribution in [1.82, 2.24) is 10.6 Å². The van der Waals surface area contributed by atoms with Gasteiger partial charge in [-0.3, -0.25) is 9.59 Å². The van der Waals surface area contributed by atoms with E-state index < -0.39 is 0 Å². The van der Waals surface area contributed by atoms with Crippen LogP contribution in [0.25, 0.3) is 0 Å². The Morgan fingerprint density at radius 1 is 1.31 bits per heavy atom. The normalized spacial score (nSPS) is 9.00. The van der Waals surface area contributed by atoms with Gasteiger partial charge in [0.05, 0.1) is 6.54 Å². The minimum atomic E-state index is -0.158. The average molecular weight is 184 g/mol.